The fraction of sp³-hybridized carbons (Fsp3) is 0.600. The summed E-state index contributed by atoms with van der Waals surface area (Å²) in [7, 11) is 5.96. The van der Waals surface area contributed by atoms with E-state index in [1.165, 1.54) is 5.56 Å². The van der Waals surface area contributed by atoms with Crippen LogP contribution in [0, 0.1) is 0 Å². The molecule has 1 unspecified atom stereocenters. The second kappa shape index (κ2) is 8.11. The lowest BCUT2D eigenvalue weighted by Gasteiger charge is -2.23. The topological polar surface area (TPSA) is 24.5 Å². The normalized spacial score (nSPS) is 12.7. The van der Waals surface area contributed by atoms with Crippen LogP contribution < -0.4 is 10.1 Å². The van der Waals surface area contributed by atoms with E-state index in [2.05, 4.69) is 43.4 Å². The van der Waals surface area contributed by atoms with Gasteiger partial charge in [0, 0.05) is 12.6 Å². The van der Waals surface area contributed by atoms with Gasteiger partial charge in [0.25, 0.3) is 0 Å². The molecule has 0 radical (unpaired) electrons. The maximum Gasteiger partial charge on any atom is 0.122 e. The minimum atomic E-state index is 0.469. The van der Waals surface area contributed by atoms with Crippen LogP contribution in [0.15, 0.2) is 24.3 Å². The quantitative estimate of drug-likeness (QED) is 0.765. The maximum absolute atomic E-state index is 5.41. The Labute approximate surface area is 111 Å². The molecule has 0 aliphatic heterocycles. The van der Waals surface area contributed by atoms with Crippen LogP contribution in [0.2, 0.25) is 0 Å². The Hall–Kier alpha value is -1.06. The van der Waals surface area contributed by atoms with Gasteiger partial charge in [0.1, 0.15) is 5.75 Å². The molecule has 0 aromatic heterocycles. The van der Waals surface area contributed by atoms with Crippen molar-refractivity contribution in [2.24, 2.45) is 0 Å². The fourth-order valence-corrected chi connectivity index (χ4v) is 2.13. The molecule has 0 heterocycles. The van der Waals surface area contributed by atoms with Gasteiger partial charge in [-0.25, -0.2) is 0 Å². The number of nitrogens with one attached hydrogen (secondary N) is 1. The number of benzene rings is 1. The summed E-state index contributed by atoms with van der Waals surface area (Å²) < 4.78 is 5.41. The molecule has 0 amide bonds. The second-order valence-electron chi connectivity index (χ2n) is 4.93. The van der Waals surface area contributed by atoms with Crippen LogP contribution in [-0.2, 0) is 6.42 Å². The van der Waals surface area contributed by atoms with Gasteiger partial charge in [-0.3, -0.25) is 0 Å². The largest absolute Gasteiger partial charge is 0.496 e. The van der Waals surface area contributed by atoms with E-state index in [-0.39, 0.29) is 0 Å². The molecule has 0 spiro atoms. The van der Waals surface area contributed by atoms with Gasteiger partial charge in [0.2, 0.25) is 0 Å². The summed E-state index contributed by atoms with van der Waals surface area (Å²) in [6, 6.07) is 8.74. The van der Waals surface area contributed by atoms with Crippen LogP contribution >= 0.6 is 0 Å². The minimum Gasteiger partial charge on any atom is -0.496 e. The maximum atomic E-state index is 5.41. The van der Waals surface area contributed by atoms with Crippen molar-refractivity contribution in [1.29, 1.82) is 0 Å². The minimum absolute atomic E-state index is 0.469. The number of ether oxygens (including phenoxy) is 1. The van der Waals surface area contributed by atoms with Crippen molar-refractivity contribution in [2.45, 2.75) is 25.8 Å². The first-order chi connectivity index (χ1) is 8.67. The molecule has 18 heavy (non-hydrogen) atoms. The number of methoxy groups -OCH3 is 1. The molecule has 1 atom stereocenters. The molecule has 1 rings (SSSR count). The van der Waals surface area contributed by atoms with Gasteiger partial charge >= 0.3 is 0 Å². The summed E-state index contributed by atoms with van der Waals surface area (Å²) in [5.74, 6) is 0.986. The molecule has 3 heteroatoms. The van der Waals surface area contributed by atoms with Crippen LogP contribution in [0.1, 0.15) is 18.9 Å². The van der Waals surface area contributed by atoms with Gasteiger partial charge < -0.3 is 15.0 Å². The molecule has 1 aromatic rings. The van der Waals surface area contributed by atoms with Crippen molar-refractivity contribution < 1.29 is 4.74 Å². The zero-order chi connectivity index (χ0) is 13.4. The molecule has 1 N–H and O–H groups in total. The zero-order valence-corrected chi connectivity index (χ0v) is 12.1. The third-order valence-corrected chi connectivity index (χ3v) is 2.93. The average Bonchev–Trinajstić information content (AvgIpc) is 2.36. The number of hydrogen-bond acceptors (Lipinski definition) is 3. The number of rotatable bonds is 8. The Morgan fingerprint density at radius 2 is 2.00 bits per heavy atom. The van der Waals surface area contributed by atoms with E-state index < -0.39 is 0 Å². The van der Waals surface area contributed by atoms with Gasteiger partial charge in [-0.05, 0) is 45.1 Å². The van der Waals surface area contributed by atoms with Crippen LogP contribution in [0.4, 0.5) is 0 Å². The van der Waals surface area contributed by atoms with Crippen molar-refractivity contribution in [3.05, 3.63) is 29.8 Å². The average molecular weight is 250 g/mol. The third kappa shape index (κ3) is 5.07. The lowest BCUT2D eigenvalue weighted by molar-refractivity contribution is 0.332. The van der Waals surface area contributed by atoms with Crippen molar-refractivity contribution in [3.63, 3.8) is 0 Å². The van der Waals surface area contributed by atoms with E-state index in [0.29, 0.717) is 6.04 Å². The smallest absolute Gasteiger partial charge is 0.122 e. The summed E-state index contributed by atoms with van der Waals surface area (Å²) >= 11 is 0. The van der Waals surface area contributed by atoms with E-state index in [4.69, 9.17) is 4.74 Å². The van der Waals surface area contributed by atoms with Crippen LogP contribution in [0.5, 0.6) is 5.75 Å². The van der Waals surface area contributed by atoms with Gasteiger partial charge in [0.05, 0.1) is 7.11 Å². The lowest BCUT2D eigenvalue weighted by Crippen LogP contribution is -2.40. The van der Waals surface area contributed by atoms with Gasteiger partial charge in [0.15, 0.2) is 0 Å². The van der Waals surface area contributed by atoms with Gasteiger partial charge in [-0.2, -0.15) is 0 Å². The highest BCUT2D eigenvalue weighted by Gasteiger charge is 2.12. The van der Waals surface area contributed by atoms with Gasteiger partial charge in [-0.1, -0.05) is 25.1 Å². The Bertz CT molecular complexity index is 339. The molecule has 0 saturated heterocycles. The van der Waals surface area contributed by atoms with Crippen molar-refractivity contribution >= 4 is 0 Å². The van der Waals surface area contributed by atoms with Crippen LogP contribution in [-0.4, -0.2) is 45.2 Å². The predicted molar refractivity (Wildman–Crippen MR) is 77.3 cm³/mol. The Morgan fingerprint density at radius 3 is 2.61 bits per heavy atom. The van der Waals surface area contributed by atoms with Crippen LogP contribution in [0.3, 0.4) is 0 Å². The summed E-state index contributed by atoms with van der Waals surface area (Å²) in [4.78, 5) is 2.22. The molecule has 1 aromatic carbocycles. The molecular formula is C15H26N2O. The monoisotopic (exact) mass is 250 g/mol. The highest BCUT2D eigenvalue weighted by molar-refractivity contribution is 5.33. The molecule has 0 bridgehead atoms. The van der Waals surface area contributed by atoms with E-state index in [1.807, 2.05) is 12.1 Å². The Balaban J connectivity index is 2.68. The van der Waals surface area contributed by atoms with E-state index in [0.717, 1.165) is 31.7 Å². The van der Waals surface area contributed by atoms with Crippen molar-refractivity contribution in [2.75, 3.05) is 34.3 Å². The molecule has 0 aliphatic rings. The summed E-state index contributed by atoms with van der Waals surface area (Å²) in [5, 5.41) is 3.60. The van der Waals surface area contributed by atoms with Crippen molar-refractivity contribution in [1.82, 2.24) is 10.2 Å². The van der Waals surface area contributed by atoms with Crippen LogP contribution in [0.25, 0.3) is 0 Å². The van der Waals surface area contributed by atoms with Gasteiger partial charge in [-0.15, -0.1) is 0 Å². The zero-order valence-electron chi connectivity index (χ0n) is 12.1. The second-order valence-corrected chi connectivity index (χ2v) is 4.93. The fourth-order valence-electron chi connectivity index (χ4n) is 2.13. The standard InChI is InChI=1S/C15H26N2O/c1-5-10-16-14(12-17(2)3)11-13-8-6-7-9-15(13)18-4/h6-9,14,16H,5,10-12H2,1-4H3. The van der Waals surface area contributed by atoms with E-state index >= 15 is 0 Å². The lowest BCUT2D eigenvalue weighted by atomic mass is 10.0. The summed E-state index contributed by atoms with van der Waals surface area (Å²) in [6.45, 7) is 4.30. The Kier molecular flexibility index (Phi) is 6.76. The first-order valence-corrected chi connectivity index (χ1v) is 6.67. The molecule has 0 aliphatic carbocycles. The van der Waals surface area contributed by atoms with Crippen molar-refractivity contribution in [3.8, 4) is 5.75 Å². The molecule has 102 valence electrons. The molecular weight excluding hydrogens is 224 g/mol. The Morgan fingerprint density at radius 1 is 1.28 bits per heavy atom. The number of para-hydroxylation sites is 1. The van der Waals surface area contributed by atoms with E-state index in [9.17, 15) is 0 Å². The first kappa shape index (κ1) is 15.0. The number of likely N-dealkylation sites (N-methyl/N-ethyl adjacent to an activating group) is 1. The molecule has 0 saturated carbocycles. The molecule has 3 nitrogen and oxygen atoms in total. The highest BCUT2D eigenvalue weighted by Crippen LogP contribution is 2.19. The first-order valence-electron chi connectivity index (χ1n) is 6.67. The highest BCUT2D eigenvalue weighted by atomic mass is 16.5. The summed E-state index contributed by atoms with van der Waals surface area (Å²) in [5.41, 5.74) is 1.27. The van der Waals surface area contributed by atoms with E-state index in [1.54, 1.807) is 7.11 Å². The predicted octanol–water partition coefficient (Wildman–Crippen LogP) is 2.17. The number of nitrogens with zero attached hydrogens (tertiary/aromatic N) is 1. The number of hydrogen-bond donors (Lipinski definition) is 1. The molecule has 0 fully saturated rings. The summed E-state index contributed by atoms with van der Waals surface area (Å²) in [6.07, 6.45) is 2.16. The SMILES string of the molecule is CCCNC(Cc1ccccc1OC)CN(C)C. The third-order valence-electron chi connectivity index (χ3n) is 2.93.